The number of pyridine rings is 1. The Balaban J connectivity index is 1.78. The lowest BCUT2D eigenvalue weighted by atomic mass is 9.79. The first kappa shape index (κ1) is 12.4. The van der Waals surface area contributed by atoms with E-state index in [4.69, 9.17) is 0 Å². The van der Waals surface area contributed by atoms with Gasteiger partial charge in [0, 0.05) is 6.20 Å². The molecule has 0 aliphatic heterocycles. The Kier molecular flexibility index (Phi) is 3.60. The number of aliphatic hydroxyl groups is 1. The molecular weight excluding hydrogens is 234 g/mol. The predicted molar refractivity (Wildman–Crippen MR) is 75.9 cm³/mol. The topological polar surface area (TPSA) is 33.1 Å². The molecule has 0 fully saturated rings. The highest BCUT2D eigenvalue weighted by Crippen LogP contribution is 2.37. The Morgan fingerprint density at radius 2 is 2.00 bits per heavy atom. The first-order valence-electron chi connectivity index (χ1n) is 7.01. The second kappa shape index (κ2) is 5.54. The minimum atomic E-state index is -0.461. The average Bonchev–Trinajstić information content (AvgIpc) is 2.48. The second-order valence-corrected chi connectivity index (χ2v) is 5.29. The number of fused-ring (bicyclic) bond motifs is 1. The van der Waals surface area contributed by atoms with E-state index in [1.807, 2.05) is 18.2 Å². The minimum Gasteiger partial charge on any atom is -0.387 e. The van der Waals surface area contributed by atoms with Gasteiger partial charge in [-0.25, -0.2) is 0 Å². The molecule has 2 unspecified atom stereocenters. The molecule has 2 aromatic rings. The van der Waals surface area contributed by atoms with Crippen molar-refractivity contribution in [3.05, 3.63) is 65.5 Å². The van der Waals surface area contributed by atoms with Crippen LogP contribution in [0.3, 0.4) is 0 Å². The van der Waals surface area contributed by atoms with E-state index >= 15 is 0 Å². The van der Waals surface area contributed by atoms with Crippen LogP contribution in [0.25, 0.3) is 0 Å². The van der Waals surface area contributed by atoms with Gasteiger partial charge in [0.1, 0.15) is 0 Å². The molecule has 98 valence electrons. The van der Waals surface area contributed by atoms with Gasteiger partial charge < -0.3 is 5.11 Å². The van der Waals surface area contributed by atoms with E-state index in [-0.39, 0.29) is 0 Å². The molecule has 0 spiro atoms. The van der Waals surface area contributed by atoms with Crippen LogP contribution in [0, 0.1) is 0 Å². The van der Waals surface area contributed by atoms with Crippen molar-refractivity contribution in [3.8, 4) is 0 Å². The number of hydrogen-bond donors (Lipinski definition) is 1. The van der Waals surface area contributed by atoms with Crippen LogP contribution in [-0.4, -0.2) is 10.1 Å². The fraction of sp³-hybridized carbons (Fsp3) is 0.353. The Morgan fingerprint density at radius 1 is 1.16 bits per heavy atom. The number of benzene rings is 1. The van der Waals surface area contributed by atoms with E-state index in [9.17, 15) is 5.11 Å². The van der Waals surface area contributed by atoms with Crippen molar-refractivity contribution < 1.29 is 5.11 Å². The molecule has 2 atom stereocenters. The summed E-state index contributed by atoms with van der Waals surface area (Å²) < 4.78 is 0. The van der Waals surface area contributed by atoms with Crippen LogP contribution in [0.5, 0.6) is 0 Å². The predicted octanol–water partition coefficient (Wildman–Crippen LogP) is 3.63. The highest BCUT2D eigenvalue weighted by molar-refractivity contribution is 5.32. The molecule has 1 N–H and O–H groups in total. The zero-order valence-corrected chi connectivity index (χ0v) is 11.0. The van der Waals surface area contributed by atoms with Crippen LogP contribution < -0.4 is 0 Å². The molecule has 1 heterocycles. The lowest BCUT2D eigenvalue weighted by Crippen LogP contribution is -2.13. The molecule has 2 nitrogen and oxygen atoms in total. The van der Waals surface area contributed by atoms with Crippen molar-refractivity contribution >= 4 is 0 Å². The summed E-state index contributed by atoms with van der Waals surface area (Å²) in [5, 5.41) is 10.3. The number of aliphatic hydroxyl groups excluding tert-OH is 1. The maximum Gasteiger partial charge on any atom is 0.0965 e. The van der Waals surface area contributed by atoms with Crippen LogP contribution in [0.15, 0.2) is 48.7 Å². The van der Waals surface area contributed by atoms with Gasteiger partial charge >= 0.3 is 0 Å². The van der Waals surface area contributed by atoms with Gasteiger partial charge in [-0.3, -0.25) is 4.98 Å². The third-order valence-corrected chi connectivity index (χ3v) is 4.03. The first-order valence-corrected chi connectivity index (χ1v) is 7.01. The van der Waals surface area contributed by atoms with E-state index in [0.29, 0.717) is 5.92 Å². The largest absolute Gasteiger partial charge is 0.387 e. The summed E-state index contributed by atoms with van der Waals surface area (Å²) in [5.74, 6) is 0.460. The Hall–Kier alpha value is -1.67. The number of aryl methyl sites for hydroxylation is 1. The number of aromatic nitrogens is 1. The van der Waals surface area contributed by atoms with Crippen molar-refractivity contribution in [2.24, 2.45) is 0 Å². The highest BCUT2D eigenvalue weighted by Gasteiger charge is 2.23. The van der Waals surface area contributed by atoms with Crippen molar-refractivity contribution in [3.63, 3.8) is 0 Å². The zero-order chi connectivity index (χ0) is 13.1. The number of rotatable bonds is 3. The third kappa shape index (κ3) is 2.69. The third-order valence-electron chi connectivity index (χ3n) is 4.03. The normalized spacial score (nSPS) is 19.7. The molecule has 1 aliphatic carbocycles. The fourth-order valence-electron chi connectivity index (χ4n) is 3.06. The zero-order valence-electron chi connectivity index (χ0n) is 11.0. The lowest BCUT2D eigenvalue weighted by molar-refractivity contribution is 0.149. The number of hydrogen-bond acceptors (Lipinski definition) is 2. The lowest BCUT2D eigenvalue weighted by Gasteiger charge is -2.27. The highest BCUT2D eigenvalue weighted by atomic mass is 16.3. The monoisotopic (exact) mass is 253 g/mol. The van der Waals surface area contributed by atoms with E-state index in [0.717, 1.165) is 12.1 Å². The second-order valence-electron chi connectivity index (χ2n) is 5.29. The summed E-state index contributed by atoms with van der Waals surface area (Å²) in [6.07, 6.45) is 5.61. The summed E-state index contributed by atoms with van der Waals surface area (Å²) >= 11 is 0. The van der Waals surface area contributed by atoms with Gasteiger partial charge in [0.25, 0.3) is 0 Å². The van der Waals surface area contributed by atoms with Crippen molar-refractivity contribution in [1.29, 1.82) is 0 Å². The molecular formula is C17H19NO. The quantitative estimate of drug-likeness (QED) is 0.906. The van der Waals surface area contributed by atoms with E-state index < -0.39 is 6.10 Å². The molecule has 1 aromatic heterocycles. The smallest absolute Gasteiger partial charge is 0.0965 e. The molecule has 1 aromatic carbocycles. The summed E-state index contributed by atoms with van der Waals surface area (Å²) in [4.78, 5) is 4.25. The van der Waals surface area contributed by atoms with E-state index in [1.54, 1.807) is 6.20 Å². The van der Waals surface area contributed by atoms with Crippen LogP contribution in [0.4, 0.5) is 0 Å². The SMILES string of the molecule is OC(CC1CCCc2ccccc21)c1ccccn1. The van der Waals surface area contributed by atoms with Crippen LogP contribution in [0.2, 0.25) is 0 Å². The van der Waals surface area contributed by atoms with Gasteiger partial charge in [-0.05, 0) is 54.9 Å². The summed E-state index contributed by atoms with van der Waals surface area (Å²) in [6.45, 7) is 0. The van der Waals surface area contributed by atoms with Crippen LogP contribution >= 0.6 is 0 Å². The minimum absolute atomic E-state index is 0.460. The van der Waals surface area contributed by atoms with Gasteiger partial charge in [-0.15, -0.1) is 0 Å². The molecule has 3 rings (SSSR count). The summed E-state index contributed by atoms with van der Waals surface area (Å²) in [5.41, 5.74) is 3.65. The molecule has 19 heavy (non-hydrogen) atoms. The van der Waals surface area contributed by atoms with Crippen molar-refractivity contribution in [1.82, 2.24) is 4.98 Å². The molecule has 0 bridgehead atoms. The molecule has 0 saturated carbocycles. The fourth-order valence-corrected chi connectivity index (χ4v) is 3.06. The molecule has 2 heteroatoms. The van der Waals surface area contributed by atoms with Gasteiger partial charge in [-0.1, -0.05) is 30.3 Å². The average molecular weight is 253 g/mol. The van der Waals surface area contributed by atoms with Crippen molar-refractivity contribution in [2.75, 3.05) is 0 Å². The van der Waals surface area contributed by atoms with Gasteiger partial charge in [0.15, 0.2) is 0 Å². The standard InChI is InChI=1S/C17H19NO/c19-17(16-10-3-4-11-18-16)12-14-8-5-7-13-6-1-2-9-15(13)14/h1-4,6,9-11,14,17,19H,5,7-8,12H2. The van der Waals surface area contributed by atoms with E-state index in [1.165, 1.54) is 30.4 Å². The number of nitrogens with zero attached hydrogens (tertiary/aromatic N) is 1. The molecule has 1 aliphatic rings. The Morgan fingerprint density at radius 3 is 2.84 bits per heavy atom. The molecule has 0 radical (unpaired) electrons. The first-order chi connectivity index (χ1) is 9.34. The maximum atomic E-state index is 10.3. The maximum absolute atomic E-state index is 10.3. The molecule has 0 amide bonds. The van der Waals surface area contributed by atoms with Gasteiger partial charge in [0.2, 0.25) is 0 Å². The Bertz CT molecular complexity index is 538. The van der Waals surface area contributed by atoms with Gasteiger partial charge in [0.05, 0.1) is 11.8 Å². The van der Waals surface area contributed by atoms with Crippen LogP contribution in [-0.2, 0) is 6.42 Å². The van der Waals surface area contributed by atoms with Gasteiger partial charge in [-0.2, -0.15) is 0 Å². The summed E-state index contributed by atoms with van der Waals surface area (Å²) in [7, 11) is 0. The Labute approximate surface area is 114 Å². The van der Waals surface area contributed by atoms with Crippen molar-refractivity contribution in [2.45, 2.75) is 37.7 Å². The van der Waals surface area contributed by atoms with E-state index in [2.05, 4.69) is 29.2 Å². The van der Waals surface area contributed by atoms with Crippen LogP contribution in [0.1, 0.15) is 48.1 Å². The molecule has 0 saturated heterocycles. The summed E-state index contributed by atoms with van der Waals surface area (Å²) in [6, 6.07) is 14.4.